The number of benzene rings is 2. The van der Waals surface area contributed by atoms with Gasteiger partial charge in [0.1, 0.15) is 22.6 Å². The number of esters is 1. The van der Waals surface area contributed by atoms with Crippen LogP contribution in [0.25, 0.3) is 11.0 Å². The maximum atomic E-state index is 12.3. The zero-order chi connectivity index (χ0) is 20.2. The average molecular weight is 380 g/mol. The maximum Gasteiger partial charge on any atom is 0.336 e. The van der Waals surface area contributed by atoms with Gasteiger partial charge in [0.05, 0.1) is 11.8 Å². The summed E-state index contributed by atoms with van der Waals surface area (Å²) in [6, 6.07) is 7.54. The van der Waals surface area contributed by atoms with E-state index >= 15 is 0 Å². The number of aromatic hydroxyl groups is 2. The van der Waals surface area contributed by atoms with Crippen molar-refractivity contribution >= 4 is 22.7 Å². The molecule has 0 radical (unpaired) electrons. The van der Waals surface area contributed by atoms with E-state index in [1.54, 1.807) is 19.1 Å². The van der Waals surface area contributed by atoms with Crippen LogP contribution in [0.1, 0.15) is 46.3 Å². The number of hydrogen-bond donors (Lipinski definition) is 2. The second kappa shape index (κ2) is 6.23. The molecular weight excluding hydrogens is 364 g/mol. The van der Waals surface area contributed by atoms with Gasteiger partial charge in [-0.3, -0.25) is 9.59 Å². The molecule has 0 amide bonds. The van der Waals surface area contributed by atoms with Crippen LogP contribution >= 0.6 is 0 Å². The predicted octanol–water partition coefficient (Wildman–Crippen LogP) is 3.16. The van der Waals surface area contributed by atoms with Crippen LogP contribution in [0.4, 0.5) is 0 Å². The molecule has 3 aromatic rings. The molecule has 0 bridgehead atoms. The van der Waals surface area contributed by atoms with E-state index in [4.69, 9.17) is 9.15 Å². The van der Waals surface area contributed by atoms with Gasteiger partial charge in [-0.1, -0.05) is 12.1 Å². The van der Waals surface area contributed by atoms with Gasteiger partial charge < -0.3 is 19.4 Å². The van der Waals surface area contributed by atoms with E-state index in [2.05, 4.69) is 0 Å². The van der Waals surface area contributed by atoms with Crippen LogP contribution < -0.4 is 10.4 Å². The fourth-order valence-corrected chi connectivity index (χ4v) is 3.76. The number of carbonyl (C=O) groups excluding carboxylic acids is 2. The second-order valence-corrected chi connectivity index (χ2v) is 6.80. The van der Waals surface area contributed by atoms with Crippen LogP contribution in [-0.4, -0.2) is 22.0 Å². The Kier molecular flexibility index (Phi) is 3.96. The Morgan fingerprint density at radius 1 is 1.18 bits per heavy atom. The fraction of sp³-hybridized carbons (Fsp3) is 0.190. The van der Waals surface area contributed by atoms with Crippen molar-refractivity contribution in [2.45, 2.75) is 26.2 Å². The molecule has 28 heavy (non-hydrogen) atoms. The smallest absolute Gasteiger partial charge is 0.336 e. The van der Waals surface area contributed by atoms with Crippen molar-refractivity contribution in [1.82, 2.24) is 0 Å². The van der Waals surface area contributed by atoms with Crippen molar-refractivity contribution < 1.29 is 29.0 Å². The zero-order valence-electron chi connectivity index (χ0n) is 15.1. The van der Waals surface area contributed by atoms with E-state index in [0.717, 1.165) is 0 Å². The minimum Gasteiger partial charge on any atom is -0.508 e. The minimum atomic E-state index is -0.631. The lowest BCUT2D eigenvalue weighted by Crippen LogP contribution is -2.23. The highest BCUT2D eigenvalue weighted by Crippen LogP contribution is 2.49. The van der Waals surface area contributed by atoms with E-state index in [1.165, 1.54) is 25.1 Å². The lowest BCUT2D eigenvalue weighted by molar-refractivity contribution is -0.135. The van der Waals surface area contributed by atoms with E-state index < -0.39 is 29.0 Å². The van der Waals surface area contributed by atoms with Gasteiger partial charge in [0, 0.05) is 17.5 Å². The molecule has 142 valence electrons. The monoisotopic (exact) mass is 380 g/mol. The average Bonchev–Trinajstić information content (AvgIpc) is 2.59. The summed E-state index contributed by atoms with van der Waals surface area (Å²) in [4.78, 5) is 36.6. The lowest BCUT2D eigenvalue weighted by atomic mass is 9.82. The lowest BCUT2D eigenvalue weighted by Gasteiger charge is -2.28. The minimum absolute atomic E-state index is 0.00509. The molecule has 1 unspecified atom stereocenters. The fourth-order valence-electron chi connectivity index (χ4n) is 3.76. The Morgan fingerprint density at radius 3 is 2.61 bits per heavy atom. The SMILES string of the molecule is CC(=O)c1c2c(c3oc(=O)cc(C)c3c1O)C(c1cccc(O)c1)CC(=O)O2. The topological polar surface area (TPSA) is 114 Å². The van der Waals surface area contributed by atoms with Crippen LogP contribution in [0.2, 0.25) is 0 Å². The summed E-state index contributed by atoms with van der Waals surface area (Å²) in [7, 11) is 0. The first-order valence-corrected chi connectivity index (χ1v) is 8.61. The predicted molar refractivity (Wildman–Crippen MR) is 99.1 cm³/mol. The molecule has 7 heteroatoms. The van der Waals surface area contributed by atoms with Crippen LogP contribution in [-0.2, 0) is 4.79 Å². The first-order chi connectivity index (χ1) is 13.3. The summed E-state index contributed by atoms with van der Waals surface area (Å²) in [6.45, 7) is 2.87. The molecule has 7 nitrogen and oxygen atoms in total. The number of fused-ring (bicyclic) bond motifs is 3. The highest BCUT2D eigenvalue weighted by atomic mass is 16.5. The van der Waals surface area contributed by atoms with Crippen molar-refractivity contribution in [1.29, 1.82) is 0 Å². The largest absolute Gasteiger partial charge is 0.508 e. The molecule has 2 heterocycles. The molecule has 0 spiro atoms. The zero-order valence-corrected chi connectivity index (χ0v) is 15.1. The first kappa shape index (κ1) is 17.8. The standard InChI is InChI=1S/C21H16O7/c1-9-6-14(24)27-20-16(9)19(26)17(10(2)22)21-18(20)13(8-15(25)28-21)11-4-3-5-12(23)7-11/h3-7,13,23,26H,8H2,1-2H3. The number of Topliss-reactive ketones (excluding diaryl/α,β-unsaturated/α-hetero) is 1. The van der Waals surface area contributed by atoms with Crippen LogP contribution in [0.15, 0.2) is 39.5 Å². The molecule has 1 atom stereocenters. The van der Waals surface area contributed by atoms with Gasteiger partial charge in [-0.2, -0.15) is 0 Å². The second-order valence-electron chi connectivity index (χ2n) is 6.80. The van der Waals surface area contributed by atoms with E-state index in [9.17, 15) is 24.6 Å². The maximum absolute atomic E-state index is 12.3. The third kappa shape index (κ3) is 2.63. The summed E-state index contributed by atoms with van der Waals surface area (Å²) in [5, 5.41) is 20.8. The van der Waals surface area contributed by atoms with E-state index in [-0.39, 0.29) is 34.5 Å². The number of phenolic OH excluding ortho intramolecular Hbond substituents is 2. The van der Waals surface area contributed by atoms with Gasteiger partial charge in [-0.15, -0.1) is 0 Å². The van der Waals surface area contributed by atoms with Gasteiger partial charge in [0.25, 0.3) is 0 Å². The van der Waals surface area contributed by atoms with Crippen molar-refractivity contribution in [3.63, 3.8) is 0 Å². The van der Waals surface area contributed by atoms with Crippen LogP contribution in [0.3, 0.4) is 0 Å². The Morgan fingerprint density at radius 2 is 1.93 bits per heavy atom. The summed E-state index contributed by atoms with van der Waals surface area (Å²) in [5.41, 5.74) is 0.628. The molecule has 4 rings (SSSR count). The van der Waals surface area contributed by atoms with Crippen molar-refractivity contribution in [2.75, 3.05) is 0 Å². The number of aryl methyl sites for hydroxylation is 1. The highest BCUT2D eigenvalue weighted by molar-refractivity contribution is 6.09. The van der Waals surface area contributed by atoms with Crippen LogP contribution in [0.5, 0.6) is 17.2 Å². The summed E-state index contributed by atoms with van der Waals surface area (Å²) in [6.07, 6.45) is -0.0780. The van der Waals surface area contributed by atoms with Crippen molar-refractivity contribution in [3.05, 3.63) is 63.0 Å². The number of ketones is 1. The third-order valence-corrected chi connectivity index (χ3v) is 4.91. The normalized spacial score (nSPS) is 15.9. The van der Waals surface area contributed by atoms with Gasteiger partial charge in [-0.25, -0.2) is 4.79 Å². The Bertz CT molecular complexity index is 1220. The van der Waals surface area contributed by atoms with E-state index in [1.807, 2.05) is 0 Å². The Hall–Kier alpha value is -3.61. The molecule has 1 aliphatic rings. The summed E-state index contributed by atoms with van der Waals surface area (Å²) < 4.78 is 10.7. The van der Waals surface area contributed by atoms with E-state index in [0.29, 0.717) is 16.7 Å². The van der Waals surface area contributed by atoms with Gasteiger partial charge in [0.2, 0.25) is 0 Å². The summed E-state index contributed by atoms with van der Waals surface area (Å²) >= 11 is 0. The number of carbonyl (C=O) groups is 2. The van der Waals surface area contributed by atoms with Gasteiger partial charge in [0.15, 0.2) is 11.5 Å². The van der Waals surface area contributed by atoms with Gasteiger partial charge >= 0.3 is 11.6 Å². The highest BCUT2D eigenvalue weighted by Gasteiger charge is 2.37. The molecule has 0 saturated carbocycles. The molecule has 2 aromatic carbocycles. The number of phenols is 2. The van der Waals surface area contributed by atoms with Gasteiger partial charge in [-0.05, 0) is 37.1 Å². The van der Waals surface area contributed by atoms with Crippen molar-refractivity contribution in [2.24, 2.45) is 0 Å². The molecule has 0 aliphatic carbocycles. The molecule has 1 aliphatic heterocycles. The number of hydrogen-bond acceptors (Lipinski definition) is 7. The summed E-state index contributed by atoms with van der Waals surface area (Å²) in [5.74, 6) is -2.23. The number of rotatable bonds is 2. The Labute approximate surface area is 158 Å². The molecular formula is C21H16O7. The third-order valence-electron chi connectivity index (χ3n) is 4.91. The number of ether oxygens (including phenoxy) is 1. The molecule has 0 saturated heterocycles. The molecule has 1 aromatic heterocycles. The van der Waals surface area contributed by atoms with Crippen molar-refractivity contribution in [3.8, 4) is 17.2 Å². The molecule has 2 N–H and O–H groups in total. The van der Waals surface area contributed by atoms with Crippen LogP contribution in [0, 0.1) is 6.92 Å². The quantitative estimate of drug-likeness (QED) is 0.304. The first-order valence-electron chi connectivity index (χ1n) is 8.61. The Balaban J connectivity index is 2.19. The molecule has 0 fully saturated rings.